The zero-order valence-corrected chi connectivity index (χ0v) is 10.0. The van der Waals surface area contributed by atoms with Crippen LogP contribution in [0, 0.1) is 0 Å². The van der Waals surface area contributed by atoms with Crippen molar-refractivity contribution in [3.05, 3.63) is 0 Å². The molecule has 1 aliphatic rings. The van der Waals surface area contributed by atoms with Gasteiger partial charge in [0.1, 0.15) is 0 Å². The molecule has 1 amide bonds. The highest BCUT2D eigenvalue weighted by molar-refractivity contribution is 5.86. The van der Waals surface area contributed by atoms with Gasteiger partial charge in [0.15, 0.2) is 0 Å². The molecule has 0 bridgehead atoms. The fourth-order valence-corrected chi connectivity index (χ4v) is 2.33. The third-order valence-electron chi connectivity index (χ3n) is 3.32. The summed E-state index contributed by atoms with van der Waals surface area (Å²) in [5, 5.41) is 2.91. The van der Waals surface area contributed by atoms with Crippen LogP contribution >= 0.6 is 0 Å². The van der Waals surface area contributed by atoms with Crippen LogP contribution < -0.4 is 11.1 Å². The van der Waals surface area contributed by atoms with Gasteiger partial charge in [-0.1, -0.05) is 6.92 Å². The Balaban J connectivity index is 2.76. The number of rotatable bonds is 4. The average Bonchev–Trinajstić information content (AvgIpc) is 2.19. The quantitative estimate of drug-likeness (QED) is 0.707. The number of hydrogen-bond donors (Lipinski definition) is 2. The Morgan fingerprint density at radius 2 is 2.27 bits per heavy atom. The van der Waals surface area contributed by atoms with E-state index >= 15 is 0 Å². The second-order valence-corrected chi connectivity index (χ2v) is 4.65. The highest BCUT2D eigenvalue weighted by atomic mass is 16.2. The first-order valence-electron chi connectivity index (χ1n) is 5.79. The van der Waals surface area contributed by atoms with Gasteiger partial charge in [-0.2, -0.15) is 0 Å². The zero-order valence-electron chi connectivity index (χ0n) is 10.0. The number of carbonyl (C=O) groups excluding carboxylic acids is 1. The summed E-state index contributed by atoms with van der Waals surface area (Å²) in [6, 6.07) is 0.427. The predicted molar refractivity (Wildman–Crippen MR) is 61.5 cm³/mol. The molecule has 4 heteroatoms. The maximum Gasteiger partial charge on any atom is 0.240 e. The molecule has 88 valence electrons. The molecular weight excluding hydrogens is 190 g/mol. The Bertz CT molecular complexity index is 228. The van der Waals surface area contributed by atoms with E-state index in [0.29, 0.717) is 12.6 Å². The fraction of sp³-hybridized carbons (Fsp3) is 0.909. The summed E-state index contributed by atoms with van der Waals surface area (Å²) in [5.74, 6) is 0.129. The molecule has 0 aliphatic carbocycles. The smallest absolute Gasteiger partial charge is 0.240 e. The maximum atomic E-state index is 11.8. The maximum absolute atomic E-state index is 11.8. The molecule has 0 radical (unpaired) electrons. The van der Waals surface area contributed by atoms with Gasteiger partial charge < -0.3 is 11.1 Å². The second-order valence-electron chi connectivity index (χ2n) is 4.65. The Hall–Kier alpha value is -0.610. The van der Waals surface area contributed by atoms with Crippen molar-refractivity contribution in [1.29, 1.82) is 0 Å². The van der Waals surface area contributed by atoms with E-state index < -0.39 is 5.54 Å². The number of nitrogens with zero attached hydrogens (tertiary/aromatic N) is 1. The normalized spacial score (nSPS) is 23.6. The molecule has 1 unspecified atom stereocenters. The van der Waals surface area contributed by atoms with Crippen LogP contribution in [0.4, 0.5) is 0 Å². The minimum atomic E-state index is -0.395. The van der Waals surface area contributed by atoms with E-state index in [1.807, 2.05) is 13.8 Å². The van der Waals surface area contributed by atoms with Gasteiger partial charge in [0, 0.05) is 19.1 Å². The van der Waals surface area contributed by atoms with Crippen molar-refractivity contribution in [2.45, 2.75) is 45.2 Å². The molecule has 1 aliphatic heterocycles. The topological polar surface area (TPSA) is 58.4 Å². The summed E-state index contributed by atoms with van der Waals surface area (Å²) in [6.45, 7) is 8.50. The van der Waals surface area contributed by atoms with Crippen molar-refractivity contribution in [2.75, 3.05) is 19.6 Å². The molecule has 1 heterocycles. The van der Waals surface area contributed by atoms with Crippen LogP contribution in [0.3, 0.4) is 0 Å². The van der Waals surface area contributed by atoms with Crippen LogP contribution in [0.1, 0.15) is 33.6 Å². The van der Waals surface area contributed by atoms with E-state index in [1.165, 1.54) is 0 Å². The van der Waals surface area contributed by atoms with E-state index in [0.717, 1.165) is 25.9 Å². The predicted octanol–water partition coefficient (Wildman–Crippen LogP) is 0.324. The highest BCUT2D eigenvalue weighted by Gasteiger charge is 2.40. The van der Waals surface area contributed by atoms with Crippen molar-refractivity contribution in [3.8, 4) is 0 Å². The van der Waals surface area contributed by atoms with Gasteiger partial charge in [-0.25, -0.2) is 0 Å². The Labute approximate surface area is 92.2 Å². The minimum Gasteiger partial charge on any atom is -0.353 e. The molecule has 1 rings (SSSR count). The van der Waals surface area contributed by atoms with E-state index in [2.05, 4.69) is 17.1 Å². The molecule has 15 heavy (non-hydrogen) atoms. The van der Waals surface area contributed by atoms with Gasteiger partial charge in [0.05, 0.1) is 5.54 Å². The summed E-state index contributed by atoms with van der Waals surface area (Å²) in [5.41, 5.74) is 5.21. The van der Waals surface area contributed by atoms with Gasteiger partial charge >= 0.3 is 0 Å². The molecule has 0 saturated carbocycles. The second kappa shape index (κ2) is 4.94. The van der Waals surface area contributed by atoms with Crippen LogP contribution in [0.2, 0.25) is 0 Å². The van der Waals surface area contributed by atoms with Crippen LogP contribution in [-0.4, -0.2) is 42.0 Å². The van der Waals surface area contributed by atoms with E-state index in [-0.39, 0.29) is 5.91 Å². The number of carbonyl (C=O) groups is 1. The van der Waals surface area contributed by atoms with E-state index in [4.69, 9.17) is 5.73 Å². The third-order valence-corrected chi connectivity index (χ3v) is 3.32. The highest BCUT2D eigenvalue weighted by Crippen LogP contribution is 2.23. The molecule has 0 aromatic carbocycles. The Kier molecular flexibility index (Phi) is 4.11. The van der Waals surface area contributed by atoms with Crippen molar-refractivity contribution in [1.82, 2.24) is 10.2 Å². The van der Waals surface area contributed by atoms with Crippen LogP contribution in [0.25, 0.3) is 0 Å². The van der Waals surface area contributed by atoms with E-state index in [1.54, 1.807) is 0 Å². The van der Waals surface area contributed by atoms with Gasteiger partial charge in [0.2, 0.25) is 5.91 Å². The van der Waals surface area contributed by atoms with Crippen molar-refractivity contribution < 1.29 is 4.79 Å². The summed E-state index contributed by atoms with van der Waals surface area (Å²) >= 11 is 0. The summed E-state index contributed by atoms with van der Waals surface area (Å²) in [7, 11) is 0. The van der Waals surface area contributed by atoms with Gasteiger partial charge in [-0.3, -0.25) is 9.69 Å². The van der Waals surface area contributed by atoms with Crippen LogP contribution in [0.5, 0.6) is 0 Å². The molecule has 1 saturated heterocycles. The van der Waals surface area contributed by atoms with Gasteiger partial charge in [-0.05, 0) is 33.2 Å². The number of amides is 1. The average molecular weight is 213 g/mol. The molecular formula is C11H23N3O. The number of nitrogens with one attached hydrogen (secondary N) is 1. The summed E-state index contributed by atoms with van der Waals surface area (Å²) in [6.07, 6.45) is 2.01. The number of hydrogen-bond acceptors (Lipinski definition) is 3. The first kappa shape index (κ1) is 12.5. The molecule has 1 atom stereocenters. The van der Waals surface area contributed by atoms with Gasteiger partial charge in [0.25, 0.3) is 0 Å². The molecule has 0 aromatic rings. The standard InChI is InChI=1S/C11H23N3O/c1-4-9(5-6-12)14-8-7-13-10(15)11(14,2)3/h9H,4-8,12H2,1-3H3,(H,13,15). The van der Waals surface area contributed by atoms with Crippen LogP contribution in [-0.2, 0) is 4.79 Å². The molecule has 0 spiro atoms. The third kappa shape index (κ3) is 2.49. The van der Waals surface area contributed by atoms with Crippen molar-refractivity contribution in [3.63, 3.8) is 0 Å². The number of nitrogens with two attached hydrogens (primary N) is 1. The number of piperazine rings is 1. The first-order chi connectivity index (χ1) is 7.04. The lowest BCUT2D eigenvalue weighted by molar-refractivity contribution is -0.137. The van der Waals surface area contributed by atoms with Crippen molar-refractivity contribution in [2.24, 2.45) is 5.73 Å². The molecule has 3 N–H and O–H groups in total. The lowest BCUT2D eigenvalue weighted by Gasteiger charge is -2.45. The molecule has 1 fully saturated rings. The first-order valence-corrected chi connectivity index (χ1v) is 5.79. The fourth-order valence-electron chi connectivity index (χ4n) is 2.33. The van der Waals surface area contributed by atoms with Gasteiger partial charge in [-0.15, -0.1) is 0 Å². The van der Waals surface area contributed by atoms with Crippen LogP contribution in [0.15, 0.2) is 0 Å². The lowest BCUT2D eigenvalue weighted by Crippen LogP contribution is -2.64. The largest absolute Gasteiger partial charge is 0.353 e. The SMILES string of the molecule is CCC(CCN)N1CCNC(=O)C1(C)C. The molecule has 0 aromatic heterocycles. The minimum absolute atomic E-state index is 0.129. The van der Waals surface area contributed by atoms with E-state index in [9.17, 15) is 4.79 Å². The molecule has 4 nitrogen and oxygen atoms in total. The zero-order chi connectivity index (χ0) is 11.5. The monoisotopic (exact) mass is 213 g/mol. The lowest BCUT2D eigenvalue weighted by atomic mass is 9.94. The summed E-state index contributed by atoms with van der Waals surface area (Å²) < 4.78 is 0. The Morgan fingerprint density at radius 1 is 1.60 bits per heavy atom. The Morgan fingerprint density at radius 3 is 2.80 bits per heavy atom. The van der Waals surface area contributed by atoms with Crippen molar-refractivity contribution >= 4 is 5.91 Å². The summed E-state index contributed by atoms with van der Waals surface area (Å²) in [4.78, 5) is 14.1.